The van der Waals surface area contributed by atoms with E-state index in [-0.39, 0.29) is 36.4 Å². The molecule has 3 rings (SSSR count). The molecule has 0 bridgehead atoms. The first kappa shape index (κ1) is 43.9. The average Bonchev–Trinajstić information content (AvgIpc) is 3.06. The third-order valence-electron chi connectivity index (χ3n) is 6.87. The highest BCUT2D eigenvalue weighted by Crippen LogP contribution is 2.55. The van der Waals surface area contributed by atoms with Gasteiger partial charge < -0.3 is 0 Å². The highest BCUT2D eigenvalue weighted by atomic mass is 31.2. The molecule has 0 heterocycles. The fraction of sp³-hybridized carbons (Fsp3) is 0.250. The Balaban J connectivity index is 2.31. The molecule has 0 radical (unpaired) electrons. The zero-order chi connectivity index (χ0) is 42.9. The fourth-order valence-electron chi connectivity index (χ4n) is 4.49. The minimum absolute atomic E-state index is 0.0910. The van der Waals surface area contributed by atoms with Gasteiger partial charge in [-0.25, -0.2) is 4.57 Å². The lowest BCUT2D eigenvalue weighted by atomic mass is 10.0. The Bertz CT molecular complexity index is 1970. The van der Waals surface area contributed by atoms with E-state index in [0.29, 0.717) is 0 Å². The molecule has 0 amide bonds. The van der Waals surface area contributed by atoms with Crippen LogP contribution in [-0.4, -0.2) is 29.5 Å². The Kier molecular flexibility index (Phi) is 12.3. The van der Waals surface area contributed by atoms with Gasteiger partial charge in [0.2, 0.25) is 0 Å². The van der Waals surface area contributed by atoms with Crippen molar-refractivity contribution in [3.8, 4) is 0 Å². The highest BCUT2D eigenvalue weighted by Gasteiger charge is 2.45. The number of benzene rings is 3. The normalized spacial score (nSPS) is 12.3. The molecule has 0 atom stereocenters. The number of hydrogen-bond donors (Lipinski definition) is 0. The van der Waals surface area contributed by atoms with Crippen LogP contribution in [0.4, 0.5) is 73.6 Å². The predicted octanol–water partition coefficient (Wildman–Crippen LogP) is 8.25. The number of alkyl halides is 9. The van der Waals surface area contributed by atoms with Crippen LogP contribution in [0.15, 0.2) is 36.4 Å². The molecule has 0 spiro atoms. The molecule has 0 aromatic heterocycles. The molecular formula is C24H12F9N6O16P. The number of nitrogens with zero attached hydrogens (tertiary/aromatic N) is 6. The van der Waals surface area contributed by atoms with Gasteiger partial charge in [0.05, 0.1) is 101 Å². The van der Waals surface area contributed by atoms with Crippen molar-refractivity contribution in [2.45, 2.75) is 38.3 Å². The maximum absolute atomic E-state index is 14.0. The molecule has 302 valence electrons. The van der Waals surface area contributed by atoms with Crippen molar-refractivity contribution in [2.75, 3.05) is 0 Å². The monoisotopic (exact) mass is 842 g/mol. The summed E-state index contributed by atoms with van der Waals surface area (Å²) in [7, 11) is -6.35. The van der Waals surface area contributed by atoms with E-state index in [1.807, 2.05) is 0 Å². The first-order chi connectivity index (χ1) is 25.5. The summed E-state index contributed by atoms with van der Waals surface area (Å²) in [5.74, 6) is 0. The molecule has 0 N–H and O–H groups in total. The number of hydrogen-bond acceptors (Lipinski definition) is 16. The van der Waals surface area contributed by atoms with Crippen molar-refractivity contribution < 1.29 is 87.2 Å². The maximum Gasteiger partial charge on any atom is 0.475 e. The zero-order valence-corrected chi connectivity index (χ0v) is 27.0. The van der Waals surface area contributed by atoms with Crippen molar-refractivity contribution in [2.24, 2.45) is 0 Å². The molecule has 32 heteroatoms. The number of rotatable bonds is 15. The fourth-order valence-corrected chi connectivity index (χ4v) is 5.57. The minimum atomic E-state index is -6.35. The van der Waals surface area contributed by atoms with Gasteiger partial charge in [-0.15, -0.1) is 0 Å². The molecule has 22 nitrogen and oxygen atoms in total. The van der Waals surface area contributed by atoms with E-state index in [2.05, 4.69) is 13.6 Å². The summed E-state index contributed by atoms with van der Waals surface area (Å²) in [6.45, 7) is -6.45. The first-order valence-electron chi connectivity index (χ1n) is 13.6. The third-order valence-corrected chi connectivity index (χ3v) is 8.21. The number of halogens is 9. The summed E-state index contributed by atoms with van der Waals surface area (Å²) in [6, 6.07) is -1.22. The summed E-state index contributed by atoms with van der Waals surface area (Å²) < 4.78 is 153. The van der Waals surface area contributed by atoms with Gasteiger partial charge in [-0.2, -0.15) is 39.5 Å². The third kappa shape index (κ3) is 9.99. The number of nitro groups is 6. The molecule has 3 aromatic rings. The van der Waals surface area contributed by atoms with Gasteiger partial charge in [0.25, 0.3) is 34.1 Å². The molecule has 0 fully saturated rings. The number of nitro benzene ring substituents is 6. The van der Waals surface area contributed by atoms with Crippen LogP contribution in [0.5, 0.6) is 0 Å². The van der Waals surface area contributed by atoms with Crippen molar-refractivity contribution in [3.63, 3.8) is 0 Å². The summed E-state index contributed by atoms with van der Waals surface area (Å²) in [5, 5.41) is 68.4. The van der Waals surface area contributed by atoms with Gasteiger partial charge in [0, 0.05) is 18.2 Å². The van der Waals surface area contributed by atoms with Gasteiger partial charge in [0.15, 0.2) is 0 Å². The molecular weight excluding hydrogens is 830 g/mol. The van der Waals surface area contributed by atoms with Gasteiger partial charge in [-0.3, -0.25) is 74.3 Å². The van der Waals surface area contributed by atoms with Gasteiger partial charge >= 0.3 is 26.4 Å². The molecule has 56 heavy (non-hydrogen) atoms. The Labute approximate surface area is 298 Å². The largest absolute Gasteiger partial charge is 0.475 e. The number of phosphoric ester groups is 1. The van der Waals surface area contributed by atoms with Crippen LogP contribution in [0.2, 0.25) is 0 Å². The topological polar surface area (TPSA) is 304 Å². The maximum atomic E-state index is 14.0. The summed E-state index contributed by atoms with van der Waals surface area (Å²) in [6.07, 6.45) is -17.3. The molecule has 0 unspecified atom stereocenters. The quantitative estimate of drug-likeness (QED) is 0.0601. The second-order valence-electron chi connectivity index (χ2n) is 10.3. The molecule has 0 aliphatic rings. The lowest BCUT2D eigenvalue weighted by Gasteiger charge is -2.21. The second kappa shape index (κ2) is 15.7. The van der Waals surface area contributed by atoms with E-state index in [1.54, 1.807) is 0 Å². The van der Waals surface area contributed by atoms with E-state index < -0.39 is 143 Å². The standard InChI is InChI=1S/C24H12F9N6O16P/c25-22(26,27)16-1-10(34(40)41)4-19(37(46)47)13(16)7-53-56(52,54-8-14-17(23(28,29)30)2-11(35(42)43)5-20(14)38(48)49)55-9-15-18(24(31,32)33)3-12(36(44)45)6-21(15)39(50)51/h1-6H,7-9H2. The van der Waals surface area contributed by atoms with Gasteiger partial charge in [0.1, 0.15) is 0 Å². The number of phosphoric acid groups is 1. The van der Waals surface area contributed by atoms with Crippen LogP contribution in [0.3, 0.4) is 0 Å². The van der Waals surface area contributed by atoms with Crippen molar-refractivity contribution in [1.82, 2.24) is 0 Å². The van der Waals surface area contributed by atoms with Crippen LogP contribution in [0.25, 0.3) is 0 Å². The Morgan fingerprint density at radius 3 is 0.804 bits per heavy atom. The van der Waals surface area contributed by atoms with E-state index in [1.165, 1.54) is 0 Å². The smallest absolute Gasteiger partial charge is 0.282 e. The predicted molar refractivity (Wildman–Crippen MR) is 156 cm³/mol. The van der Waals surface area contributed by atoms with Gasteiger partial charge in [-0.1, -0.05) is 0 Å². The lowest BCUT2D eigenvalue weighted by molar-refractivity contribution is -0.395. The van der Waals surface area contributed by atoms with Gasteiger partial charge in [-0.05, 0) is 0 Å². The molecule has 0 saturated heterocycles. The van der Waals surface area contributed by atoms with Crippen molar-refractivity contribution >= 4 is 41.9 Å². The highest BCUT2D eigenvalue weighted by molar-refractivity contribution is 7.48. The van der Waals surface area contributed by atoms with E-state index in [9.17, 15) is 105 Å². The zero-order valence-electron chi connectivity index (χ0n) is 26.1. The van der Waals surface area contributed by atoms with Crippen molar-refractivity contribution in [1.29, 1.82) is 0 Å². The first-order valence-corrected chi connectivity index (χ1v) is 15.1. The average molecular weight is 842 g/mol. The van der Waals surface area contributed by atoms with E-state index in [0.717, 1.165) is 0 Å². The summed E-state index contributed by atoms with van der Waals surface area (Å²) >= 11 is 0. The Morgan fingerprint density at radius 2 is 0.643 bits per heavy atom. The summed E-state index contributed by atoms with van der Waals surface area (Å²) in [4.78, 5) is 58.7. The molecule has 0 saturated carbocycles. The summed E-state index contributed by atoms with van der Waals surface area (Å²) in [5.41, 5.74) is -22.4. The van der Waals surface area contributed by atoms with Crippen LogP contribution in [0, 0.1) is 60.7 Å². The van der Waals surface area contributed by atoms with Crippen LogP contribution < -0.4 is 0 Å². The van der Waals surface area contributed by atoms with Crippen LogP contribution in [-0.2, 0) is 56.5 Å². The Hall–Kier alpha value is -6.46. The molecule has 3 aromatic carbocycles. The second-order valence-corrected chi connectivity index (χ2v) is 11.9. The van der Waals surface area contributed by atoms with Crippen molar-refractivity contribution in [3.05, 3.63) is 130 Å². The molecule has 0 aliphatic carbocycles. The minimum Gasteiger partial charge on any atom is -0.282 e. The number of non-ortho nitro benzene ring substituents is 3. The lowest BCUT2D eigenvalue weighted by Crippen LogP contribution is -2.16. The molecule has 0 aliphatic heterocycles. The Morgan fingerprint density at radius 1 is 0.429 bits per heavy atom. The SMILES string of the molecule is O=[N+]([O-])c1cc([N+](=O)[O-])c(COP(=O)(OCc2c([N+](=O)[O-])cc([N+](=O)[O-])cc2C(F)(F)F)OCc2c([N+](=O)[O-])cc([N+](=O)[O-])cc2C(F)(F)F)c(C(F)(F)F)c1. The van der Waals surface area contributed by atoms with E-state index in [4.69, 9.17) is 0 Å². The van der Waals surface area contributed by atoms with Crippen LogP contribution in [0.1, 0.15) is 33.4 Å². The van der Waals surface area contributed by atoms with E-state index >= 15 is 0 Å². The van der Waals surface area contributed by atoms with Crippen LogP contribution >= 0.6 is 7.82 Å².